The molecular weight excluding hydrogens is 599 g/mol. The molecule has 3 heterocycles. The smallest absolute Gasteiger partial charge is 0.408 e. The van der Waals surface area contributed by atoms with Gasteiger partial charge in [-0.25, -0.2) is 9.78 Å². The highest BCUT2D eigenvalue weighted by molar-refractivity contribution is 6.41. The minimum Gasteiger partial charge on any atom is -0.495 e. The topological polar surface area (TPSA) is 122 Å². The molecule has 2 N–H and O–H groups in total. The number of anilines is 1. The lowest BCUT2D eigenvalue weighted by molar-refractivity contribution is 0.0497. The molecular formula is C30H36Cl2N4O7. The van der Waals surface area contributed by atoms with Gasteiger partial charge in [0.25, 0.3) is 5.56 Å². The van der Waals surface area contributed by atoms with Gasteiger partial charge in [-0.15, -0.1) is 0 Å². The standard InChI is InChI=1S/C30H36Cl2N4O7/c1-29(2,3)43-28(38)35-19-14-42-13-18(19)34-23-10-20-16(12-33-23)9-17(27(37)36(20)30(7-8-30)15-39-4)24-25(31)21(40-5)11-22(41-6)26(24)32/h9-12,18-19H,7-8,13-15H2,1-6H3,(H,33,34)(H,35,38). The number of amides is 1. The second kappa shape index (κ2) is 12.0. The van der Waals surface area contributed by atoms with Gasteiger partial charge in [0.15, 0.2) is 0 Å². The molecule has 2 fully saturated rings. The van der Waals surface area contributed by atoms with Gasteiger partial charge in [0.05, 0.1) is 72.8 Å². The minimum atomic E-state index is -0.625. The molecule has 13 heteroatoms. The number of fused-ring (bicyclic) bond motifs is 1. The third-order valence-corrected chi connectivity index (χ3v) is 8.31. The normalized spacial score (nSPS) is 19.3. The Bertz CT molecular complexity index is 1570. The third-order valence-electron chi connectivity index (χ3n) is 7.56. The first kappa shape index (κ1) is 31.2. The van der Waals surface area contributed by atoms with Crippen LogP contribution in [0.1, 0.15) is 33.6 Å². The molecule has 0 bridgehead atoms. The number of aromatic nitrogens is 2. The zero-order valence-corrected chi connectivity index (χ0v) is 26.5. The molecule has 0 radical (unpaired) electrons. The number of hydrogen-bond acceptors (Lipinski definition) is 9. The summed E-state index contributed by atoms with van der Waals surface area (Å²) < 4.78 is 29.3. The van der Waals surface area contributed by atoms with Crippen molar-refractivity contribution in [2.24, 2.45) is 0 Å². The molecule has 2 aliphatic rings. The maximum absolute atomic E-state index is 14.4. The Labute approximate surface area is 259 Å². The van der Waals surface area contributed by atoms with E-state index in [0.717, 1.165) is 12.8 Å². The lowest BCUT2D eigenvalue weighted by Crippen LogP contribution is -2.47. The fraction of sp³-hybridized carbons (Fsp3) is 0.500. The Kier molecular flexibility index (Phi) is 8.72. The van der Waals surface area contributed by atoms with E-state index < -0.39 is 17.2 Å². The van der Waals surface area contributed by atoms with E-state index in [1.807, 2.05) is 6.07 Å². The quantitative estimate of drug-likeness (QED) is 0.326. The number of hydrogen-bond donors (Lipinski definition) is 2. The zero-order valence-electron chi connectivity index (χ0n) is 25.0. The van der Waals surface area contributed by atoms with Gasteiger partial charge < -0.3 is 34.3 Å². The summed E-state index contributed by atoms with van der Waals surface area (Å²) in [6.45, 7) is 6.44. The number of pyridine rings is 2. The number of nitrogens with zero attached hydrogens (tertiary/aromatic N) is 2. The van der Waals surface area contributed by atoms with Crippen molar-refractivity contribution in [1.82, 2.24) is 14.9 Å². The number of carbonyl (C=O) groups excluding carboxylic acids is 1. The van der Waals surface area contributed by atoms with Crippen LogP contribution in [0.15, 0.2) is 29.2 Å². The number of alkyl carbamates (subject to hydrolysis) is 1. The molecule has 11 nitrogen and oxygen atoms in total. The van der Waals surface area contributed by atoms with Crippen molar-refractivity contribution in [3.05, 3.63) is 44.8 Å². The molecule has 2 atom stereocenters. The van der Waals surface area contributed by atoms with Crippen molar-refractivity contribution in [3.63, 3.8) is 0 Å². The van der Waals surface area contributed by atoms with Crippen molar-refractivity contribution in [2.75, 3.05) is 46.5 Å². The van der Waals surface area contributed by atoms with E-state index in [4.69, 9.17) is 46.9 Å². The average Bonchev–Trinajstić information content (AvgIpc) is 3.59. The number of benzene rings is 1. The highest BCUT2D eigenvalue weighted by atomic mass is 35.5. The van der Waals surface area contributed by atoms with Gasteiger partial charge in [-0.3, -0.25) is 9.36 Å². The fourth-order valence-electron chi connectivity index (χ4n) is 5.39. The Morgan fingerprint density at radius 2 is 1.72 bits per heavy atom. The van der Waals surface area contributed by atoms with E-state index in [9.17, 15) is 9.59 Å². The summed E-state index contributed by atoms with van der Waals surface area (Å²) in [6, 6.07) is 4.53. The molecule has 1 aliphatic heterocycles. The van der Waals surface area contributed by atoms with Crippen molar-refractivity contribution in [3.8, 4) is 22.6 Å². The largest absolute Gasteiger partial charge is 0.495 e. The number of rotatable bonds is 9. The first-order valence-electron chi connectivity index (χ1n) is 13.9. The van der Waals surface area contributed by atoms with Gasteiger partial charge in [0.2, 0.25) is 0 Å². The number of halogens is 2. The SMILES string of the molecule is COCC1(n2c(=O)c(-c3c(Cl)c(OC)cc(OC)c3Cl)cc3cnc(NC4COCC4NC(=O)OC(C)(C)C)cc32)CC1. The molecule has 3 aromatic rings. The summed E-state index contributed by atoms with van der Waals surface area (Å²) >= 11 is 13.5. The van der Waals surface area contributed by atoms with Crippen LogP contribution in [0.2, 0.25) is 10.0 Å². The summed E-state index contributed by atoms with van der Waals surface area (Å²) in [6.07, 6.45) is 2.67. The van der Waals surface area contributed by atoms with Crippen LogP contribution in [0.25, 0.3) is 22.0 Å². The Balaban J connectivity index is 1.58. The van der Waals surface area contributed by atoms with E-state index in [1.54, 1.807) is 50.8 Å². The van der Waals surface area contributed by atoms with Crippen molar-refractivity contribution in [1.29, 1.82) is 0 Å². The summed E-state index contributed by atoms with van der Waals surface area (Å²) in [5.74, 6) is 1.17. The molecule has 1 saturated carbocycles. The predicted molar refractivity (Wildman–Crippen MR) is 165 cm³/mol. The van der Waals surface area contributed by atoms with Crippen molar-refractivity contribution >= 4 is 46.0 Å². The van der Waals surface area contributed by atoms with Gasteiger partial charge in [-0.2, -0.15) is 0 Å². The van der Waals surface area contributed by atoms with Gasteiger partial charge in [0, 0.05) is 36.4 Å². The maximum Gasteiger partial charge on any atom is 0.408 e. The monoisotopic (exact) mass is 634 g/mol. The van der Waals surface area contributed by atoms with E-state index in [0.29, 0.717) is 53.6 Å². The molecule has 1 saturated heterocycles. The minimum absolute atomic E-state index is 0.198. The molecule has 0 spiro atoms. The molecule has 1 amide bonds. The second-order valence-electron chi connectivity index (χ2n) is 11.8. The van der Waals surface area contributed by atoms with Gasteiger partial charge in [-0.1, -0.05) is 23.2 Å². The van der Waals surface area contributed by atoms with E-state index in [-0.39, 0.29) is 33.3 Å². The second-order valence-corrected chi connectivity index (χ2v) is 12.6. The van der Waals surface area contributed by atoms with E-state index in [2.05, 4.69) is 15.6 Å². The van der Waals surface area contributed by atoms with E-state index in [1.165, 1.54) is 14.2 Å². The molecule has 1 aliphatic carbocycles. The summed E-state index contributed by atoms with van der Waals surface area (Å²) in [7, 11) is 4.58. The summed E-state index contributed by atoms with van der Waals surface area (Å²) in [4.78, 5) is 31.4. The van der Waals surface area contributed by atoms with Crippen LogP contribution in [-0.4, -0.2) is 74.5 Å². The highest BCUT2D eigenvalue weighted by Gasteiger charge is 2.47. The molecule has 5 rings (SSSR count). The summed E-state index contributed by atoms with van der Waals surface area (Å²) in [5.41, 5.74) is -0.186. The predicted octanol–water partition coefficient (Wildman–Crippen LogP) is 5.23. The van der Waals surface area contributed by atoms with Crippen LogP contribution in [0.4, 0.5) is 10.6 Å². The Hall–Kier alpha value is -3.25. The van der Waals surface area contributed by atoms with Crippen LogP contribution in [-0.2, 0) is 19.7 Å². The lowest BCUT2D eigenvalue weighted by atomic mass is 10.0. The average molecular weight is 636 g/mol. The number of nitrogens with one attached hydrogen (secondary N) is 2. The Morgan fingerprint density at radius 3 is 2.30 bits per heavy atom. The first-order valence-corrected chi connectivity index (χ1v) is 14.7. The molecule has 2 unspecified atom stereocenters. The first-order chi connectivity index (χ1) is 20.4. The summed E-state index contributed by atoms with van der Waals surface area (Å²) in [5, 5.41) is 7.34. The molecule has 1 aromatic carbocycles. The van der Waals surface area contributed by atoms with Gasteiger partial charge >= 0.3 is 6.09 Å². The molecule has 2 aromatic heterocycles. The lowest BCUT2D eigenvalue weighted by Gasteiger charge is -2.25. The molecule has 43 heavy (non-hydrogen) atoms. The van der Waals surface area contributed by atoms with Gasteiger partial charge in [-0.05, 0) is 39.7 Å². The van der Waals surface area contributed by atoms with Crippen LogP contribution < -0.4 is 25.7 Å². The fourth-order valence-corrected chi connectivity index (χ4v) is 6.10. The highest BCUT2D eigenvalue weighted by Crippen LogP contribution is 2.48. The number of methoxy groups -OCH3 is 3. The third kappa shape index (κ3) is 6.22. The van der Waals surface area contributed by atoms with Crippen LogP contribution >= 0.6 is 23.2 Å². The van der Waals surface area contributed by atoms with Crippen LogP contribution in [0, 0.1) is 0 Å². The van der Waals surface area contributed by atoms with Gasteiger partial charge in [0.1, 0.15) is 22.9 Å². The van der Waals surface area contributed by atoms with Crippen molar-refractivity contribution in [2.45, 2.75) is 56.8 Å². The van der Waals surface area contributed by atoms with Crippen LogP contribution in [0.5, 0.6) is 11.5 Å². The van der Waals surface area contributed by atoms with Crippen molar-refractivity contribution < 1.29 is 28.5 Å². The Morgan fingerprint density at radius 1 is 1.07 bits per heavy atom. The molecule has 232 valence electrons. The van der Waals surface area contributed by atoms with E-state index >= 15 is 0 Å². The maximum atomic E-state index is 14.4. The number of carbonyl (C=O) groups is 1. The van der Waals surface area contributed by atoms with Crippen LogP contribution in [0.3, 0.4) is 0 Å². The number of ether oxygens (including phenoxy) is 5. The zero-order chi connectivity index (χ0) is 31.1.